The highest BCUT2D eigenvalue weighted by Crippen LogP contribution is 2.32. The summed E-state index contributed by atoms with van der Waals surface area (Å²) >= 11 is 0. The lowest BCUT2D eigenvalue weighted by Gasteiger charge is -2.07. The highest BCUT2D eigenvalue weighted by atomic mass is 16.7. The predicted octanol–water partition coefficient (Wildman–Crippen LogP) is 2.58. The number of carbonyl (C=O) groups excluding carboxylic acids is 1. The largest absolute Gasteiger partial charge is 0.454 e. The molecule has 0 aromatic heterocycles. The number of amides is 1. The summed E-state index contributed by atoms with van der Waals surface area (Å²) in [6.45, 7) is 2.77. The third-order valence-corrected chi connectivity index (χ3v) is 3.37. The Morgan fingerprint density at radius 2 is 1.95 bits per heavy atom. The Kier molecular flexibility index (Phi) is 3.77. The third kappa shape index (κ3) is 3.34. The molecular formula is C17H17NO3. The van der Waals surface area contributed by atoms with E-state index in [0.717, 1.165) is 28.2 Å². The number of hydrogen-bond acceptors (Lipinski definition) is 3. The van der Waals surface area contributed by atoms with Crippen LogP contribution in [0.2, 0.25) is 0 Å². The molecule has 1 aliphatic heterocycles. The lowest BCUT2D eigenvalue weighted by atomic mass is 10.1. The monoisotopic (exact) mass is 283 g/mol. The van der Waals surface area contributed by atoms with Gasteiger partial charge in [-0.25, -0.2) is 0 Å². The molecule has 3 rings (SSSR count). The van der Waals surface area contributed by atoms with Gasteiger partial charge in [0.2, 0.25) is 12.7 Å². The number of aryl methyl sites for hydroxylation is 1. The second kappa shape index (κ2) is 5.87. The van der Waals surface area contributed by atoms with Gasteiger partial charge < -0.3 is 14.8 Å². The fourth-order valence-electron chi connectivity index (χ4n) is 2.32. The lowest BCUT2D eigenvalue weighted by molar-refractivity contribution is -0.120. The van der Waals surface area contributed by atoms with Crippen LogP contribution in [0.4, 0.5) is 0 Å². The van der Waals surface area contributed by atoms with Crippen LogP contribution in [0.25, 0.3) is 0 Å². The van der Waals surface area contributed by atoms with Crippen LogP contribution in [0.3, 0.4) is 0 Å². The normalized spacial score (nSPS) is 12.2. The van der Waals surface area contributed by atoms with Gasteiger partial charge in [-0.1, -0.05) is 35.9 Å². The smallest absolute Gasteiger partial charge is 0.231 e. The number of hydrogen-bond donors (Lipinski definition) is 1. The van der Waals surface area contributed by atoms with Crippen molar-refractivity contribution in [3.63, 3.8) is 0 Å². The fourth-order valence-corrected chi connectivity index (χ4v) is 2.32. The van der Waals surface area contributed by atoms with Crippen LogP contribution in [0.15, 0.2) is 42.5 Å². The Hall–Kier alpha value is -2.49. The van der Waals surface area contributed by atoms with Gasteiger partial charge >= 0.3 is 0 Å². The Morgan fingerprint density at radius 1 is 1.10 bits per heavy atom. The van der Waals surface area contributed by atoms with E-state index in [1.54, 1.807) is 0 Å². The number of ether oxygens (including phenoxy) is 2. The van der Waals surface area contributed by atoms with Crippen molar-refractivity contribution in [2.75, 3.05) is 6.79 Å². The van der Waals surface area contributed by atoms with E-state index in [9.17, 15) is 4.79 Å². The first kappa shape index (κ1) is 13.5. The Morgan fingerprint density at radius 3 is 2.81 bits per heavy atom. The van der Waals surface area contributed by atoms with Gasteiger partial charge in [0.05, 0.1) is 6.42 Å². The molecule has 1 N–H and O–H groups in total. The number of rotatable bonds is 4. The maximum Gasteiger partial charge on any atom is 0.231 e. The van der Waals surface area contributed by atoms with Crippen LogP contribution < -0.4 is 14.8 Å². The van der Waals surface area contributed by atoms with Gasteiger partial charge in [-0.2, -0.15) is 0 Å². The van der Waals surface area contributed by atoms with Crippen molar-refractivity contribution < 1.29 is 14.3 Å². The number of carbonyl (C=O) groups is 1. The van der Waals surface area contributed by atoms with E-state index < -0.39 is 0 Å². The molecule has 4 heteroatoms. The summed E-state index contributed by atoms with van der Waals surface area (Å²) in [5.41, 5.74) is 3.19. The number of benzene rings is 2. The maximum absolute atomic E-state index is 12.0. The quantitative estimate of drug-likeness (QED) is 0.938. The van der Waals surface area contributed by atoms with Gasteiger partial charge in [-0.3, -0.25) is 4.79 Å². The lowest BCUT2D eigenvalue weighted by Crippen LogP contribution is -2.24. The van der Waals surface area contributed by atoms with Crippen molar-refractivity contribution in [3.8, 4) is 11.5 Å². The SMILES string of the molecule is Cc1cccc(CC(=O)NCc2ccc3c(c2)OCO3)c1. The van der Waals surface area contributed by atoms with Crippen LogP contribution in [-0.2, 0) is 17.8 Å². The summed E-state index contributed by atoms with van der Waals surface area (Å²) in [6, 6.07) is 13.7. The zero-order chi connectivity index (χ0) is 14.7. The summed E-state index contributed by atoms with van der Waals surface area (Å²) in [4.78, 5) is 12.0. The first-order valence-corrected chi connectivity index (χ1v) is 6.91. The Bertz CT molecular complexity index is 667. The van der Waals surface area contributed by atoms with Crippen LogP contribution in [0, 0.1) is 6.92 Å². The van der Waals surface area contributed by atoms with Crippen LogP contribution in [0.1, 0.15) is 16.7 Å². The van der Waals surface area contributed by atoms with Gasteiger partial charge in [0.15, 0.2) is 11.5 Å². The summed E-state index contributed by atoms with van der Waals surface area (Å²) in [5, 5.41) is 2.92. The molecule has 2 aromatic rings. The van der Waals surface area contributed by atoms with Gasteiger partial charge in [0.1, 0.15) is 0 Å². The van der Waals surface area contributed by atoms with Gasteiger partial charge in [0.25, 0.3) is 0 Å². The molecule has 0 radical (unpaired) electrons. The second-order valence-electron chi connectivity index (χ2n) is 5.13. The van der Waals surface area contributed by atoms with Gasteiger partial charge in [-0.05, 0) is 30.2 Å². The highest BCUT2D eigenvalue weighted by Gasteiger charge is 2.13. The van der Waals surface area contributed by atoms with E-state index in [1.165, 1.54) is 0 Å². The number of nitrogens with one attached hydrogen (secondary N) is 1. The molecule has 0 unspecified atom stereocenters. The molecular weight excluding hydrogens is 266 g/mol. The summed E-state index contributed by atoms with van der Waals surface area (Å²) in [6.07, 6.45) is 0.395. The molecule has 0 aliphatic carbocycles. The molecule has 4 nitrogen and oxygen atoms in total. The van der Waals surface area contributed by atoms with E-state index in [1.807, 2.05) is 49.4 Å². The van der Waals surface area contributed by atoms with Crippen molar-refractivity contribution in [1.29, 1.82) is 0 Å². The van der Waals surface area contributed by atoms with Crippen molar-refractivity contribution in [2.45, 2.75) is 19.9 Å². The summed E-state index contributed by atoms with van der Waals surface area (Å²) in [5.74, 6) is 1.50. The minimum atomic E-state index is 0.0123. The molecule has 21 heavy (non-hydrogen) atoms. The van der Waals surface area contributed by atoms with Gasteiger partial charge in [-0.15, -0.1) is 0 Å². The minimum Gasteiger partial charge on any atom is -0.454 e. The molecule has 108 valence electrons. The van der Waals surface area contributed by atoms with Gasteiger partial charge in [0, 0.05) is 6.54 Å². The summed E-state index contributed by atoms with van der Waals surface area (Å²) < 4.78 is 10.6. The van der Waals surface area contributed by atoms with Crippen LogP contribution in [-0.4, -0.2) is 12.7 Å². The van der Waals surface area contributed by atoms with E-state index in [0.29, 0.717) is 13.0 Å². The molecule has 0 saturated heterocycles. The van der Waals surface area contributed by atoms with Crippen molar-refractivity contribution in [1.82, 2.24) is 5.32 Å². The molecule has 0 bridgehead atoms. The van der Waals surface area contributed by atoms with Crippen LogP contribution in [0.5, 0.6) is 11.5 Å². The Labute approximate surface area is 123 Å². The predicted molar refractivity (Wildman–Crippen MR) is 79.3 cm³/mol. The standard InChI is InChI=1S/C17H17NO3/c1-12-3-2-4-13(7-12)9-17(19)18-10-14-5-6-15-16(8-14)21-11-20-15/h2-8H,9-11H2,1H3,(H,18,19). The van der Waals surface area contributed by atoms with E-state index in [2.05, 4.69) is 5.32 Å². The highest BCUT2D eigenvalue weighted by molar-refractivity contribution is 5.78. The van der Waals surface area contributed by atoms with E-state index in [4.69, 9.17) is 9.47 Å². The average Bonchev–Trinajstić information content (AvgIpc) is 2.92. The van der Waals surface area contributed by atoms with E-state index >= 15 is 0 Å². The van der Waals surface area contributed by atoms with Crippen molar-refractivity contribution in [2.24, 2.45) is 0 Å². The van der Waals surface area contributed by atoms with E-state index in [-0.39, 0.29) is 12.7 Å². The Balaban J connectivity index is 1.56. The molecule has 2 aromatic carbocycles. The molecule has 0 spiro atoms. The zero-order valence-electron chi connectivity index (χ0n) is 11.9. The molecule has 1 amide bonds. The zero-order valence-corrected chi connectivity index (χ0v) is 11.9. The minimum absolute atomic E-state index is 0.0123. The average molecular weight is 283 g/mol. The summed E-state index contributed by atoms with van der Waals surface area (Å²) in [7, 11) is 0. The molecule has 0 atom stereocenters. The second-order valence-corrected chi connectivity index (χ2v) is 5.13. The van der Waals surface area contributed by atoms with Crippen molar-refractivity contribution in [3.05, 3.63) is 59.2 Å². The topological polar surface area (TPSA) is 47.6 Å². The molecule has 0 fully saturated rings. The number of fused-ring (bicyclic) bond motifs is 1. The third-order valence-electron chi connectivity index (χ3n) is 3.37. The molecule has 1 heterocycles. The van der Waals surface area contributed by atoms with Crippen molar-refractivity contribution >= 4 is 5.91 Å². The molecule has 1 aliphatic rings. The first-order chi connectivity index (χ1) is 10.2. The van der Waals surface area contributed by atoms with Crippen LogP contribution >= 0.6 is 0 Å². The maximum atomic E-state index is 12.0. The fraction of sp³-hybridized carbons (Fsp3) is 0.235. The first-order valence-electron chi connectivity index (χ1n) is 6.91. The molecule has 0 saturated carbocycles.